The number of benzene rings is 1. The molecule has 0 spiro atoms. The molecule has 0 aliphatic rings. The topological polar surface area (TPSA) is 55.8 Å². The molecule has 0 bridgehead atoms. The highest BCUT2D eigenvalue weighted by Gasteiger charge is 2.07. The van der Waals surface area contributed by atoms with E-state index in [4.69, 9.17) is 14.6 Å². The van der Waals surface area contributed by atoms with Crippen LogP contribution >= 0.6 is 0 Å². The second kappa shape index (κ2) is 6.12. The number of aliphatic hydroxyl groups is 1. The quantitative estimate of drug-likeness (QED) is 0.770. The van der Waals surface area contributed by atoms with E-state index >= 15 is 0 Å². The molecule has 1 N–H and O–H groups in total. The molecule has 16 heavy (non-hydrogen) atoms. The lowest BCUT2D eigenvalue weighted by molar-refractivity contribution is -0.146. The van der Waals surface area contributed by atoms with Crippen LogP contribution in [0, 0.1) is 0 Å². The second-order valence-electron chi connectivity index (χ2n) is 3.56. The molecule has 1 atom stereocenters. The van der Waals surface area contributed by atoms with Crippen molar-refractivity contribution in [2.75, 3.05) is 7.11 Å². The highest BCUT2D eigenvalue weighted by Crippen LogP contribution is 2.12. The number of methoxy groups -OCH3 is 1. The van der Waals surface area contributed by atoms with Crippen LogP contribution in [0.4, 0.5) is 0 Å². The number of carbonyl (C=O) groups excluding carboxylic acids is 1. The minimum absolute atomic E-state index is 0.0240. The number of hydrogen-bond acceptors (Lipinski definition) is 4. The third-order valence-electron chi connectivity index (χ3n) is 2.02. The zero-order chi connectivity index (χ0) is 12.0. The Morgan fingerprint density at radius 2 is 2.00 bits per heavy atom. The predicted molar refractivity (Wildman–Crippen MR) is 59.1 cm³/mol. The van der Waals surface area contributed by atoms with Crippen LogP contribution in [0.3, 0.4) is 0 Å². The molecule has 0 radical (unpaired) electrons. The lowest BCUT2D eigenvalue weighted by Gasteiger charge is -2.06. The highest BCUT2D eigenvalue weighted by atomic mass is 16.5. The first-order valence-corrected chi connectivity index (χ1v) is 5.08. The molecule has 88 valence electrons. The third-order valence-corrected chi connectivity index (χ3v) is 2.02. The standard InChI is InChI=1S/C12H16O4/c1-9(13)7-12(14)16-8-10-3-5-11(15-2)6-4-10/h3-6,9,13H,7-8H2,1-2H3/t9-/m1/s1. The highest BCUT2D eigenvalue weighted by molar-refractivity contribution is 5.69. The van der Waals surface area contributed by atoms with Gasteiger partial charge >= 0.3 is 5.97 Å². The van der Waals surface area contributed by atoms with Crippen molar-refractivity contribution in [2.45, 2.75) is 26.1 Å². The summed E-state index contributed by atoms with van der Waals surface area (Å²) >= 11 is 0. The molecule has 4 nitrogen and oxygen atoms in total. The normalized spacial score (nSPS) is 11.9. The third kappa shape index (κ3) is 4.31. The lowest BCUT2D eigenvalue weighted by atomic mass is 10.2. The van der Waals surface area contributed by atoms with Gasteiger partial charge in [-0.1, -0.05) is 12.1 Å². The molecule has 1 rings (SSSR count). The van der Waals surface area contributed by atoms with Crippen LogP contribution < -0.4 is 4.74 Å². The van der Waals surface area contributed by atoms with Gasteiger partial charge in [0, 0.05) is 0 Å². The Kier molecular flexibility index (Phi) is 4.79. The average molecular weight is 224 g/mol. The number of aliphatic hydroxyl groups excluding tert-OH is 1. The molecule has 0 unspecified atom stereocenters. The van der Waals surface area contributed by atoms with Gasteiger partial charge in [-0.25, -0.2) is 0 Å². The first-order valence-electron chi connectivity index (χ1n) is 5.08. The number of rotatable bonds is 5. The Bertz CT molecular complexity index is 329. The Hall–Kier alpha value is -1.55. The summed E-state index contributed by atoms with van der Waals surface area (Å²) in [4.78, 5) is 11.1. The van der Waals surface area contributed by atoms with Gasteiger partial charge in [0.15, 0.2) is 0 Å². The Morgan fingerprint density at radius 1 is 1.38 bits per heavy atom. The molecular weight excluding hydrogens is 208 g/mol. The van der Waals surface area contributed by atoms with Gasteiger partial charge in [-0.05, 0) is 24.6 Å². The van der Waals surface area contributed by atoms with Gasteiger partial charge in [0.2, 0.25) is 0 Å². The van der Waals surface area contributed by atoms with Crippen LogP contribution in [0.15, 0.2) is 24.3 Å². The zero-order valence-corrected chi connectivity index (χ0v) is 9.47. The number of carbonyl (C=O) groups is 1. The fourth-order valence-electron chi connectivity index (χ4n) is 1.19. The maximum absolute atomic E-state index is 11.1. The largest absolute Gasteiger partial charge is 0.497 e. The second-order valence-corrected chi connectivity index (χ2v) is 3.56. The number of esters is 1. The van der Waals surface area contributed by atoms with Crippen molar-refractivity contribution >= 4 is 5.97 Å². The first-order chi connectivity index (χ1) is 7.61. The molecule has 0 saturated carbocycles. The maximum atomic E-state index is 11.1. The van der Waals surface area contributed by atoms with Crippen LogP contribution in [0.1, 0.15) is 18.9 Å². The van der Waals surface area contributed by atoms with Crippen LogP contribution in [-0.4, -0.2) is 24.3 Å². The van der Waals surface area contributed by atoms with Crippen molar-refractivity contribution in [2.24, 2.45) is 0 Å². The van der Waals surface area contributed by atoms with E-state index in [0.717, 1.165) is 11.3 Å². The van der Waals surface area contributed by atoms with Gasteiger partial charge in [-0.15, -0.1) is 0 Å². The summed E-state index contributed by atoms with van der Waals surface area (Å²) in [6, 6.07) is 7.26. The predicted octanol–water partition coefficient (Wildman–Crippen LogP) is 1.51. The lowest BCUT2D eigenvalue weighted by Crippen LogP contribution is -2.12. The molecular formula is C12H16O4. The Morgan fingerprint density at radius 3 is 2.50 bits per heavy atom. The summed E-state index contributed by atoms with van der Waals surface area (Å²) in [6.07, 6.45) is -0.640. The van der Waals surface area contributed by atoms with E-state index in [-0.39, 0.29) is 13.0 Å². The van der Waals surface area contributed by atoms with E-state index in [1.165, 1.54) is 0 Å². The van der Waals surface area contributed by atoms with E-state index in [9.17, 15) is 4.79 Å². The molecule has 0 fully saturated rings. The van der Waals surface area contributed by atoms with Crippen molar-refractivity contribution in [1.29, 1.82) is 0 Å². The van der Waals surface area contributed by atoms with E-state index in [0.29, 0.717) is 0 Å². The summed E-state index contributed by atoms with van der Waals surface area (Å²) in [5, 5.41) is 8.97. The minimum atomic E-state index is -0.664. The Balaban J connectivity index is 2.39. The van der Waals surface area contributed by atoms with Gasteiger partial charge in [-0.3, -0.25) is 4.79 Å². The summed E-state index contributed by atoms with van der Waals surface area (Å²) < 4.78 is 9.98. The summed E-state index contributed by atoms with van der Waals surface area (Å²) in [5.41, 5.74) is 0.889. The van der Waals surface area contributed by atoms with E-state index in [1.54, 1.807) is 26.2 Å². The minimum Gasteiger partial charge on any atom is -0.497 e. The molecule has 0 amide bonds. The zero-order valence-electron chi connectivity index (χ0n) is 9.47. The molecule has 1 aromatic rings. The molecule has 0 saturated heterocycles. The molecule has 0 heterocycles. The van der Waals surface area contributed by atoms with Gasteiger partial charge in [0.1, 0.15) is 12.4 Å². The van der Waals surface area contributed by atoms with Gasteiger partial charge in [0.05, 0.1) is 19.6 Å². The number of ether oxygens (including phenoxy) is 2. The molecule has 0 aliphatic carbocycles. The van der Waals surface area contributed by atoms with Crippen LogP contribution in [-0.2, 0) is 16.1 Å². The van der Waals surface area contributed by atoms with Crippen LogP contribution in [0.2, 0.25) is 0 Å². The first kappa shape index (κ1) is 12.5. The molecule has 1 aromatic carbocycles. The van der Waals surface area contributed by atoms with Crippen molar-refractivity contribution in [1.82, 2.24) is 0 Å². The summed E-state index contributed by atoms with van der Waals surface area (Å²) in [5.74, 6) is 0.366. The van der Waals surface area contributed by atoms with Gasteiger partial charge < -0.3 is 14.6 Å². The van der Waals surface area contributed by atoms with Crippen molar-refractivity contribution in [3.8, 4) is 5.75 Å². The van der Waals surface area contributed by atoms with E-state index in [1.807, 2.05) is 12.1 Å². The van der Waals surface area contributed by atoms with Crippen LogP contribution in [0.25, 0.3) is 0 Å². The smallest absolute Gasteiger partial charge is 0.308 e. The molecule has 0 aliphatic heterocycles. The summed E-state index contributed by atoms with van der Waals surface area (Å²) in [7, 11) is 1.59. The van der Waals surface area contributed by atoms with Crippen molar-refractivity contribution in [3.63, 3.8) is 0 Å². The molecule has 0 aromatic heterocycles. The molecule has 4 heteroatoms. The SMILES string of the molecule is COc1ccc(COC(=O)C[C@@H](C)O)cc1. The fraction of sp³-hybridized carbons (Fsp3) is 0.417. The number of hydrogen-bond donors (Lipinski definition) is 1. The van der Waals surface area contributed by atoms with E-state index in [2.05, 4.69) is 0 Å². The summed E-state index contributed by atoms with van der Waals surface area (Å²) in [6.45, 7) is 1.77. The van der Waals surface area contributed by atoms with Gasteiger partial charge in [0.25, 0.3) is 0 Å². The maximum Gasteiger partial charge on any atom is 0.308 e. The fourth-order valence-corrected chi connectivity index (χ4v) is 1.19. The average Bonchev–Trinajstić information content (AvgIpc) is 2.26. The van der Waals surface area contributed by atoms with E-state index < -0.39 is 12.1 Å². The van der Waals surface area contributed by atoms with Crippen molar-refractivity contribution in [3.05, 3.63) is 29.8 Å². The van der Waals surface area contributed by atoms with Gasteiger partial charge in [-0.2, -0.15) is 0 Å². The van der Waals surface area contributed by atoms with Crippen LogP contribution in [0.5, 0.6) is 5.75 Å². The van der Waals surface area contributed by atoms with Crippen molar-refractivity contribution < 1.29 is 19.4 Å². The Labute approximate surface area is 94.8 Å². The monoisotopic (exact) mass is 224 g/mol.